The number of hydrogen-bond acceptors (Lipinski definition) is 2. The molecule has 0 spiro atoms. The third-order valence-electron chi connectivity index (χ3n) is 3.99. The molecule has 2 rings (SSSR count). The Hall–Kier alpha value is -1.84. The number of fused-ring (bicyclic) bond motifs is 1. The van der Waals surface area contributed by atoms with E-state index in [0.29, 0.717) is 23.3 Å². The summed E-state index contributed by atoms with van der Waals surface area (Å²) in [4.78, 5) is 15.4. The zero-order chi connectivity index (χ0) is 14.9. The van der Waals surface area contributed by atoms with Gasteiger partial charge in [0, 0.05) is 6.54 Å². The average molecular weight is 274 g/mol. The topological polar surface area (TPSA) is 55.1 Å². The van der Waals surface area contributed by atoms with Crippen molar-refractivity contribution in [2.24, 2.45) is 17.8 Å². The maximum absolute atomic E-state index is 11.1. The Morgan fingerprint density at radius 3 is 2.45 bits per heavy atom. The predicted molar refractivity (Wildman–Crippen MR) is 79.9 cm³/mol. The van der Waals surface area contributed by atoms with Crippen LogP contribution in [0.3, 0.4) is 0 Å². The minimum absolute atomic E-state index is 0.310. The van der Waals surface area contributed by atoms with Gasteiger partial charge in [0.15, 0.2) is 0 Å². The van der Waals surface area contributed by atoms with Gasteiger partial charge in [0.1, 0.15) is 0 Å². The molecular weight excluding hydrogens is 252 g/mol. The summed E-state index contributed by atoms with van der Waals surface area (Å²) in [7, 11) is 0. The molecule has 1 heterocycles. The highest BCUT2D eigenvalue weighted by Crippen LogP contribution is 2.25. The summed E-state index contributed by atoms with van der Waals surface area (Å²) in [5.74, 6) is 0.801. The van der Waals surface area contributed by atoms with E-state index in [1.165, 1.54) is 0 Å². The molecule has 1 N–H and O–H groups in total. The van der Waals surface area contributed by atoms with Gasteiger partial charge < -0.3 is 9.67 Å². The van der Waals surface area contributed by atoms with Gasteiger partial charge in [-0.25, -0.2) is 9.78 Å². The molecule has 4 nitrogen and oxygen atoms in total. The molecule has 0 bridgehead atoms. The first-order chi connectivity index (χ1) is 9.40. The zero-order valence-electron chi connectivity index (χ0n) is 12.5. The number of hydrogen-bond donors (Lipinski definition) is 1. The summed E-state index contributed by atoms with van der Waals surface area (Å²) in [6.45, 7) is 9.78. The molecule has 0 atom stereocenters. The second-order valence-corrected chi connectivity index (χ2v) is 6.06. The lowest BCUT2D eigenvalue weighted by atomic mass is 9.85. The predicted octanol–water partition coefficient (Wildman–Crippen LogP) is 3.66. The highest BCUT2D eigenvalue weighted by Gasteiger charge is 2.19. The van der Waals surface area contributed by atoms with E-state index in [4.69, 9.17) is 5.11 Å². The Labute approximate surface area is 119 Å². The van der Waals surface area contributed by atoms with Gasteiger partial charge in [-0.2, -0.15) is 0 Å². The van der Waals surface area contributed by atoms with Crippen LogP contribution in [0.4, 0.5) is 0 Å². The number of benzene rings is 1. The second-order valence-electron chi connectivity index (χ2n) is 6.06. The minimum Gasteiger partial charge on any atom is -0.478 e. The Bertz CT molecular complexity index is 606. The third-order valence-corrected chi connectivity index (χ3v) is 3.99. The Balaban J connectivity index is 2.39. The molecule has 0 aliphatic heterocycles. The molecule has 20 heavy (non-hydrogen) atoms. The molecule has 0 unspecified atom stereocenters. The fraction of sp³-hybridized carbons (Fsp3) is 0.500. The van der Waals surface area contributed by atoms with Crippen molar-refractivity contribution in [1.82, 2.24) is 9.55 Å². The summed E-state index contributed by atoms with van der Waals surface area (Å²) >= 11 is 0. The number of aromatic carboxylic acids is 1. The normalized spacial score (nSPS) is 11.9. The van der Waals surface area contributed by atoms with E-state index in [2.05, 4.69) is 37.2 Å². The first-order valence-corrected chi connectivity index (χ1v) is 7.08. The van der Waals surface area contributed by atoms with Crippen LogP contribution in [-0.2, 0) is 6.54 Å². The highest BCUT2D eigenvalue weighted by molar-refractivity contribution is 5.92. The second kappa shape index (κ2) is 5.65. The Morgan fingerprint density at radius 2 is 1.90 bits per heavy atom. The van der Waals surface area contributed by atoms with E-state index < -0.39 is 5.97 Å². The molecule has 1 aromatic heterocycles. The van der Waals surface area contributed by atoms with E-state index in [1.807, 2.05) is 6.33 Å². The molecule has 1 aromatic carbocycles. The monoisotopic (exact) mass is 274 g/mol. The molecule has 0 fully saturated rings. The number of carboxylic acid groups (broad SMARTS) is 1. The highest BCUT2D eigenvalue weighted by atomic mass is 16.4. The summed E-state index contributed by atoms with van der Waals surface area (Å²) in [6, 6.07) is 5.09. The fourth-order valence-electron chi connectivity index (χ4n) is 2.75. The van der Waals surface area contributed by atoms with E-state index in [9.17, 15) is 4.79 Å². The molecule has 108 valence electrons. The summed E-state index contributed by atoms with van der Waals surface area (Å²) in [5.41, 5.74) is 2.06. The molecule has 0 aliphatic rings. The largest absolute Gasteiger partial charge is 0.478 e. The van der Waals surface area contributed by atoms with Crippen LogP contribution in [0.25, 0.3) is 11.0 Å². The molecule has 0 aliphatic carbocycles. The molecule has 0 saturated heterocycles. The van der Waals surface area contributed by atoms with Gasteiger partial charge in [-0.15, -0.1) is 0 Å². The van der Waals surface area contributed by atoms with Gasteiger partial charge in [-0.1, -0.05) is 27.7 Å². The van der Waals surface area contributed by atoms with Crippen molar-refractivity contribution in [3.05, 3.63) is 30.1 Å². The van der Waals surface area contributed by atoms with E-state index in [1.54, 1.807) is 18.2 Å². The van der Waals surface area contributed by atoms with Crippen LogP contribution in [0, 0.1) is 17.8 Å². The lowest BCUT2D eigenvalue weighted by Crippen LogP contribution is -2.21. The van der Waals surface area contributed by atoms with Gasteiger partial charge in [-0.3, -0.25) is 0 Å². The Morgan fingerprint density at radius 1 is 1.25 bits per heavy atom. The summed E-state index contributed by atoms with van der Waals surface area (Å²) in [5, 5.41) is 9.10. The van der Waals surface area contributed by atoms with Gasteiger partial charge in [0.05, 0.1) is 22.9 Å². The molecule has 0 saturated carbocycles. The lowest BCUT2D eigenvalue weighted by Gasteiger charge is -2.25. The van der Waals surface area contributed by atoms with Crippen molar-refractivity contribution in [3.63, 3.8) is 0 Å². The summed E-state index contributed by atoms with van der Waals surface area (Å²) < 4.78 is 2.08. The van der Waals surface area contributed by atoms with Gasteiger partial charge >= 0.3 is 5.97 Å². The number of rotatable bonds is 5. The van der Waals surface area contributed by atoms with E-state index >= 15 is 0 Å². The molecule has 2 aromatic rings. The summed E-state index contributed by atoms with van der Waals surface area (Å²) in [6.07, 6.45) is 1.81. The number of nitrogens with zero attached hydrogens (tertiary/aromatic N) is 2. The van der Waals surface area contributed by atoms with Crippen molar-refractivity contribution in [2.75, 3.05) is 0 Å². The zero-order valence-corrected chi connectivity index (χ0v) is 12.5. The smallest absolute Gasteiger partial charge is 0.335 e. The molecule has 0 amide bonds. The maximum Gasteiger partial charge on any atom is 0.335 e. The average Bonchev–Trinajstić information content (AvgIpc) is 2.77. The van der Waals surface area contributed by atoms with Crippen LogP contribution in [0.2, 0.25) is 0 Å². The number of imidazole rings is 1. The van der Waals surface area contributed by atoms with Crippen LogP contribution in [0.1, 0.15) is 38.1 Å². The molecule has 4 heteroatoms. The molecule has 0 radical (unpaired) electrons. The van der Waals surface area contributed by atoms with E-state index in [0.717, 1.165) is 17.6 Å². The van der Waals surface area contributed by atoms with Crippen LogP contribution in [0.15, 0.2) is 24.5 Å². The first-order valence-electron chi connectivity index (χ1n) is 7.08. The lowest BCUT2D eigenvalue weighted by molar-refractivity contribution is 0.0697. The standard InChI is InChI=1S/C16H22N2O2/c1-10(2)13(11(3)4)8-18-9-17-14-6-5-12(16(19)20)7-15(14)18/h5-7,9-11,13H,8H2,1-4H3,(H,19,20). The quantitative estimate of drug-likeness (QED) is 0.905. The van der Waals surface area contributed by atoms with Crippen molar-refractivity contribution < 1.29 is 9.90 Å². The minimum atomic E-state index is -0.899. The van der Waals surface area contributed by atoms with Crippen molar-refractivity contribution in [2.45, 2.75) is 34.2 Å². The van der Waals surface area contributed by atoms with Crippen molar-refractivity contribution in [1.29, 1.82) is 0 Å². The third kappa shape index (κ3) is 2.84. The Kier molecular flexibility index (Phi) is 4.12. The van der Waals surface area contributed by atoms with Crippen molar-refractivity contribution >= 4 is 17.0 Å². The van der Waals surface area contributed by atoms with Gasteiger partial charge in [-0.05, 0) is 36.0 Å². The van der Waals surface area contributed by atoms with Gasteiger partial charge in [0.25, 0.3) is 0 Å². The SMILES string of the molecule is CC(C)C(Cn1cnc2ccc(C(=O)O)cc21)C(C)C. The fourth-order valence-corrected chi connectivity index (χ4v) is 2.75. The van der Waals surface area contributed by atoms with Crippen LogP contribution >= 0.6 is 0 Å². The van der Waals surface area contributed by atoms with Crippen LogP contribution in [0.5, 0.6) is 0 Å². The molecular formula is C16H22N2O2. The first kappa shape index (κ1) is 14.6. The number of carboxylic acids is 1. The van der Waals surface area contributed by atoms with Gasteiger partial charge in [0.2, 0.25) is 0 Å². The number of aromatic nitrogens is 2. The van der Waals surface area contributed by atoms with E-state index in [-0.39, 0.29) is 0 Å². The maximum atomic E-state index is 11.1. The van der Waals surface area contributed by atoms with Crippen LogP contribution in [-0.4, -0.2) is 20.6 Å². The van der Waals surface area contributed by atoms with Crippen LogP contribution < -0.4 is 0 Å². The number of carbonyl (C=O) groups is 1. The van der Waals surface area contributed by atoms with Crippen molar-refractivity contribution in [3.8, 4) is 0 Å².